The number of morpholine rings is 1. The van der Waals surface area contributed by atoms with Crippen LogP contribution in [-0.4, -0.2) is 51.4 Å². The van der Waals surface area contributed by atoms with Crippen LogP contribution in [0.2, 0.25) is 0 Å². The number of carbonyl (C=O) groups excluding carboxylic acids is 1. The molecule has 1 fully saturated rings. The van der Waals surface area contributed by atoms with Gasteiger partial charge in [-0.25, -0.2) is 14.3 Å². The summed E-state index contributed by atoms with van der Waals surface area (Å²) in [6.45, 7) is 4.33. The molecule has 162 valence electrons. The highest BCUT2D eigenvalue weighted by Crippen LogP contribution is 2.29. The lowest BCUT2D eigenvalue weighted by Gasteiger charge is -2.35. The lowest BCUT2D eigenvalue weighted by molar-refractivity contribution is 0.0990. The van der Waals surface area contributed by atoms with E-state index in [0.717, 1.165) is 29.1 Å². The van der Waals surface area contributed by atoms with Crippen LogP contribution in [0.1, 0.15) is 6.92 Å². The highest BCUT2D eigenvalue weighted by atomic mass is 16.5. The second-order valence-corrected chi connectivity index (χ2v) is 7.63. The summed E-state index contributed by atoms with van der Waals surface area (Å²) in [5, 5.41) is 10.3. The van der Waals surface area contributed by atoms with Crippen molar-refractivity contribution >= 4 is 28.7 Å². The Labute approximate surface area is 185 Å². The summed E-state index contributed by atoms with van der Waals surface area (Å²) < 4.78 is 7.40. The van der Waals surface area contributed by atoms with Gasteiger partial charge in [0, 0.05) is 42.4 Å². The van der Waals surface area contributed by atoms with Gasteiger partial charge in [0.15, 0.2) is 5.65 Å². The summed E-state index contributed by atoms with van der Waals surface area (Å²) in [7, 11) is 0. The van der Waals surface area contributed by atoms with Crippen molar-refractivity contribution < 1.29 is 9.53 Å². The van der Waals surface area contributed by atoms with Crippen molar-refractivity contribution in [3.05, 3.63) is 67.3 Å². The first-order chi connectivity index (χ1) is 15.7. The number of urea groups is 1. The van der Waals surface area contributed by atoms with Crippen LogP contribution in [0.5, 0.6) is 0 Å². The van der Waals surface area contributed by atoms with E-state index in [1.54, 1.807) is 35.2 Å². The van der Waals surface area contributed by atoms with Gasteiger partial charge in [0.2, 0.25) is 0 Å². The van der Waals surface area contributed by atoms with Crippen LogP contribution < -0.4 is 15.5 Å². The number of aromatic nitrogens is 4. The highest BCUT2D eigenvalue weighted by molar-refractivity contribution is 5.99. The van der Waals surface area contributed by atoms with Crippen LogP contribution in [0, 0.1) is 0 Å². The van der Waals surface area contributed by atoms with Crippen molar-refractivity contribution in [3.63, 3.8) is 0 Å². The second-order valence-electron chi connectivity index (χ2n) is 7.63. The number of pyridine rings is 1. The number of carbonyl (C=O) groups is 1. The van der Waals surface area contributed by atoms with Crippen molar-refractivity contribution in [1.29, 1.82) is 0 Å². The molecule has 2 amide bonds. The minimum absolute atomic E-state index is 0.254. The number of ether oxygens (including phenoxy) is 1. The molecule has 1 saturated heterocycles. The number of anilines is 3. The van der Waals surface area contributed by atoms with Crippen molar-refractivity contribution in [3.8, 4) is 11.3 Å². The predicted molar refractivity (Wildman–Crippen MR) is 123 cm³/mol. The third-order valence-electron chi connectivity index (χ3n) is 5.37. The van der Waals surface area contributed by atoms with Crippen molar-refractivity contribution in [2.45, 2.75) is 13.0 Å². The Morgan fingerprint density at radius 2 is 1.97 bits per heavy atom. The van der Waals surface area contributed by atoms with E-state index < -0.39 is 0 Å². The SMILES string of the molecule is C[C@H]1COCCN1c1cc(-c2ccc(NC(=O)Nc3cccnc3)cc2)nn2ccnc12. The molecule has 4 aromatic rings. The first-order valence-electron chi connectivity index (χ1n) is 10.4. The van der Waals surface area contributed by atoms with E-state index in [1.807, 2.05) is 30.5 Å². The first-order valence-corrected chi connectivity index (χ1v) is 10.4. The molecule has 0 bridgehead atoms. The van der Waals surface area contributed by atoms with Crippen LogP contribution in [0.15, 0.2) is 67.3 Å². The molecule has 0 saturated carbocycles. The fourth-order valence-electron chi connectivity index (χ4n) is 3.79. The first kappa shape index (κ1) is 20.0. The van der Waals surface area contributed by atoms with Gasteiger partial charge in [0.05, 0.1) is 36.5 Å². The number of imidazole rings is 1. The number of hydrogen-bond donors (Lipinski definition) is 2. The fourth-order valence-corrected chi connectivity index (χ4v) is 3.79. The molecule has 0 radical (unpaired) electrons. The van der Waals surface area contributed by atoms with Gasteiger partial charge in [-0.05, 0) is 37.3 Å². The predicted octanol–water partition coefficient (Wildman–Crippen LogP) is 3.66. The molecule has 1 aliphatic heterocycles. The maximum atomic E-state index is 12.2. The van der Waals surface area contributed by atoms with Crippen LogP contribution in [-0.2, 0) is 4.74 Å². The Kier molecular flexibility index (Phi) is 5.39. The zero-order chi connectivity index (χ0) is 21.9. The summed E-state index contributed by atoms with van der Waals surface area (Å²) in [6.07, 6.45) is 6.86. The summed E-state index contributed by atoms with van der Waals surface area (Å²) in [5.41, 5.74) is 4.95. The summed E-state index contributed by atoms with van der Waals surface area (Å²) >= 11 is 0. The summed E-state index contributed by atoms with van der Waals surface area (Å²) in [6, 6.07) is 13.1. The molecule has 1 aromatic carbocycles. The Morgan fingerprint density at radius 1 is 1.12 bits per heavy atom. The lowest BCUT2D eigenvalue weighted by Crippen LogP contribution is -2.44. The van der Waals surface area contributed by atoms with Crippen molar-refractivity contribution in [2.75, 3.05) is 35.3 Å². The van der Waals surface area contributed by atoms with E-state index in [1.165, 1.54) is 0 Å². The van der Waals surface area contributed by atoms with Gasteiger partial charge in [0.25, 0.3) is 0 Å². The van der Waals surface area contributed by atoms with E-state index in [2.05, 4.69) is 38.5 Å². The second kappa shape index (κ2) is 8.64. The zero-order valence-corrected chi connectivity index (χ0v) is 17.6. The molecule has 0 unspecified atom stereocenters. The van der Waals surface area contributed by atoms with Gasteiger partial charge in [0.1, 0.15) is 0 Å². The molecule has 5 rings (SSSR count). The average Bonchev–Trinajstić information content (AvgIpc) is 3.29. The maximum absolute atomic E-state index is 12.2. The molecular weight excluding hydrogens is 406 g/mol. The summed E-state index contributed by atoms with van der Waals surface area (Å²) in [5.74, 6) is 0. The third-order valence-corrected chi connectivity index (χ3v) is 5.37. The molecular formula is C23H23N7O2. The monoisotopic (exact) mass is 429 g/mol. The molecule has 4 heterocycles. The third kappa shape index (κ3) is 4.10. The number of nitrogens with one attached hydrogen (secondary N) is 2. The highest BCUT2D eigenvalue weighted by Gasteiger charge is 2.23. The minimum Gasteiger partial charge on any atom is -0.377 e. The number of rotatable bonds is 4. The number of amides is 2. The van der Waals surface area contributed by atoms with E-state index in [9.17, 15) is 4.79 Å². The van der Waals surface area contributed by atoms with Crippen molar-refractivity contribution in [2.24, 2.45) is 0 Å². The quantitative estimate of drug-likeness (QED) is 0.514. The number of nitrogens with zero attached hydrogens (tertiary/aromatic N) is 5. The molecule has 32 heavy (non-hydrogen) atoms. The van der Waals surface area contributed by atoms with E-state index in [4.69, 9.17) is 9.84 Å². The van der Waals surface area contributed by atoms with E-state index >= 15 is 0 Å². The van der Waals surface area contributed by atoms with Crippen LogP contribution in [0.3, 0.4) is 0 Å². The number of fused-ring (bicyclic) bond motifs is 1. The van der Waals surface area contributed by atoms with Crippen LogP contribution >= 0.6 is 0 Å². The summed E-state index contributed by atoms with van der Waals surface area (Å²) in [4.78, 5) is 23.0. The normalized spacial score (nSPS) is 16.2. The van der Waals surface area contributed by atoms with Gasteiger partial charge in [-0.3, -0.25) is 4.98 Å². The van der Waals surface area contributed by atoms with Crippen LogP contribution in [0.25, 0.3) is 16.9 Å². The number of benzene rings is 1. The van der Waals surface area contributed by atoms with Gasteiger partial charge < -0.3 is 20.3 Å². The average molecular weight is 429 g/mol. The van der Waals surface area contributed by atoms with Crippen LogP contribution in [0.4, 0.5) is 21.9 Å². The minimum atomic E-state index is -0.327. The molecule has 9 heteroatoms. The maximum Gasteiger partial charge on any atom is 0.323 e. The molecule has 1 atom stereocenters. The Bertz CT molecular complexity index is 1220. The molecule has 3 aromatic heterocycles. The zero-order valence-electron chi connectivity index (χ0n) is 17.6. The standard InChI is InChI=1S/C23H23N7O2/c1-16-15-32-12-11-29(16)21-13-20(28-30-10-9-25-22(21)30)17-4-6-18(7-5-17)26-23(31)27-19-3-2-8-24-14-19/h2-10,13-14,16H,11-12,15H2,1H3,(H2,26,27,31)/t16-/m0/s1. The Hall–Kier alpha value is -3.98. The lowest BCUT2D eigenvalue weighted by atomic mass is 10.1. The molecule has 2 N–H and O–H groups in total. The Balaban J connectivity index is 1.38. The Morgan fingerprint density at radius 3 is 2.75 bits per heavy atom. The van der Waals surface area contributed by atoms with E-state index in [0.29, 0.717) is 24.6 Å². The van der Waals surface area contributed by atoms with Gasteiger partial charge in [-0.15, -0.1) is 0 Å². The molecule has 0 aliphatic carbocycles. The largest absolute Gasteiger partial charge is 0.377 e. The van der Waals surface area contributed by atoms with E-state index in [-0.39, 0.29) is 12.1 Å². The van der Waals surface area contributed by atoms with Gasteiger partial charge in [-0.2, -0.15) is 5.10 Å². The topological polar surface area (TPSA) is 96.7 Å². The molecule has 1 aliphatic rings. The smallest absolute Gasteiger partial charge is 0.323 e. The molecule has 9 nitrogen and oxygen atoms in total. The van der Waals surface area contributed by atoms with Crippen molar-refractivity contribution in [1.82, 2.24) is 19.6 Å². The number of hydrogen-bond acceptors (Lipinski definition) is 6. The van der Waals surface area contributed by atoms with Gasteiger partial charge in [-0.1, -0.05) is 12.1 Å². The molecule has 0 spiro atoms. The van der Waals surface area contributed by atoms with Gasteiger partial charge >= 0.3 is 6.03 Å². The fraction of sp³-hybridized carbons (Fsp3) is 0.217.